The first kappa shape index (κ1) is 12.5. The lowest BCUT2D eigenvalue weighted by molar-refractivity contribution is -0.146. The number of esters is 1. The summed E-state index contributed by atoms with van der Waals surface area (Å²) in [6.07, 6.45) is -0.484. The van der Waals surface area contributed by atoms with Crippen molar-refractivity contribution < 1.29 is 19.4 Å². The molecule has 0 aliphatic heterocycles. The third kappa shape index (κ3) is 4.79. The van der Waals surface area contributed by atoms with E-state index in [1.165, 1.54) is 0 Å². The summed E-state index contributed by atoms with van der Waals surface area (Å²) in [6, 6.07) is 9.17. The number of para-hydroxylation sites is 1. The van der Waals surface area contributed by atoms with Crippen LogP contribution in [-0.2, 0) is 9.53 Å². The Labute approximate surface area is 94.8 Å². The van der Waals surface area contributed by atoms with Gasteiger partial charge in [0.1, 0.15) is 25.1 Å². The van der Waals surface area contributed by atoms with Crippen LogP contribution in [0.1, 0.15) is 13.3 Å². The monoisotopic (exact) mass is 224 g/mol. The highest BCUT2D eigenvalue weighted by molar-refractivity contribution is 5.68. The molecule has 1 N–H and O–H groups in total. The molecular formula is C12H16O4. The minimum Gasteiger partial charge on any atom is -0.491 e. The van der Waals surface area contributed by atoms with Gasteiger partial charge in [0, 0.05) is 6.42 Å². The average Bonchev–Trinajstić information content (AvgIpc) is 2.34. The van der Waals surface area contributed by atoms with E-state index in [-0.39, 0.29) is 19.2 Å². The molecule has 1 rings (SSSR count). The fourth-order valence-electron chi connectivity index (χ4n) is 1.05. The van der Waals surface area contributed by atoms with E-state index < -0.39 is 6.10 Å². The van der Waals surface area contributed by atoms with Crippen molar-refractivity contribution in [1.82, 2.24) is 0 Å². The summed E-state index contributed by atoms with van der Waals surface area (Å²) in [5, 5.41) is 9.45. The van der Waals surface area contributed by atoms with Crippen LogP contribution in [0.5, 0.6) is 5.75 Å². The number of carbonyl (C=O) groups excluding carboxylic acids is 1. The predicted molar refractivity (Wildman–Crippen MR) is 59.2 cm³/mol. The Kier molecular flexibility index (Phi) is 5.36. The molecule has 0 spiro atoms. The highest BCUT2D eigenvalue weighted by Crippen LogP contribution is 2.08. The van der Waals surface area contributed by atoms with Crippen molar-refractivity contribution in [2.75, 3.05) is 13.2 Å². The zero-order valence-electron chi connectivity index (χ0n) is 9.26. The van der Waals surface area contributed by atoms with Gasteiger partial charge in [0.15, 0.2) is 0 Å². The van der Waals surface area contributed by atoms with E-state index in [1.807, 2.05) is 18.2 Å². The number of aliphatic hydroxyl groups excluding tert-OH is 1. The van der Waals surface area contributed by atoms with Gasteiger partial charge in [0.2, 0.25) is 0 Å². The van der Waals surface area contributed by atoms with Crippen molar-refractivity contribution in [2.45, 2.75) is 19.4 Å². The third-order valence-electron chi connectivity index (χ3n) is 1.91. The molecule has 0 saturated carbocycles. The van der Waals surface area contributed by atoms with Crippen LogP contribution in [0.25, 0.3) is 0 Å². The molecular weight excluding hydrogens is 208 g/mol. The maximum Gasteiger partial charge on any atom is 0.305 e. The lowest BCUT2D eigenvalue weighted by atomic mass is 10.3. The molecule has 4 nitrogen and oxygen atoms in total. The standard InChI is InChI=1S/C12H16O4/c1-2-12(14)16-9-10(13)8-15-11-6-4-3-5-7-11/h3-7,10,13H,2,8-9H2,1H3/t10-/m0/s1. The first-order chi connectivity index (χ1) is 7.72. The number of hydrogen-bond acceptors (Lipinski definition) is 4. The van der Waals surface area contributed by atoms with E-state index in [4.69, 9.17) is 9.47 Å². The summed E-state index contributed by atoms with van der Waals surface area (Å²) in [4.78, 5) is 10.8. The van der Waals surface area contributed by atoms with E-state index in [0.717, 1.165) is 0 Å². The van der Waals surface area contributed by atoms with Crippen molar-refractivity contribution in [3.05, 3.63) is 30.3 Å². The maximum absolute atomic E-state index is 10.8. The second-order valence-corrected chi connectivity index (χ2v) is 3.31. The van der Waals surface area contributed by atoms with Crippen molar-refractivity contribution >= 4 is 5.97 Å². The molecule has 88 valence electrons. The highest BCUT2D eigenvalue weighted by Gasteiger charge is 2.08. The van der Waals surface area contributed by atoms with E-state index in [9.17, 15) is 9.90 Å². The fourth-order valence-corrected chi connectivity index (χ4v) is 1.05. The minimum atomic E-state index is -0.796. The topological polar surface area (TPSA) is 55.8 Å². The summed E-state index contributed by atoms with van der Waals surface area (Å²) in [7, 11) is 0. The molecule has 1 aromatic carbocycles. The van der Waals surface area contributed by atoms with Gasteiger partial charge in [-0.15, -0.1) is 0 Å². The minimum absolute atomic E-state index is 0.0283. The normalized spacial score (nSPS) is 11.9. The van der Waals surface area contributed by atoms with Gasteiger partial charge in [-0.25, -0.2) is 0 Å². The summed E-state index contributed by atoms with van der Waals surface area (Å²) >= 11 is 0. The van der Waals surface area contributed by atoms with Gasteiger partial charge in [0.25, 0.3) is 0 Å². The summed E-state index contributed by atoms with van der Waals surface area (Å²) in [6.45, 7) is 1.79. The quantitative estimate of drug-likeness (QED) is 0.742. The molecule has 1 atom stereocenters. The molecule has 0 aliphatic rings. The van der Waals surface area contributed by atoms with Crippen LogP contribution in [0.3, 0.4) is 0 Å². The summed E-state index contributed by atoms with van der Waals surface area (Å²) < 4.78 is 10.1. The Bertz CT molecular complexity index is 310. The van der Waals surface area contributed by atoms with Crippen LogP contribution >= 0.6 is 0 Å². The number of rotatable bonds is 6. The van der Waals surface area contributed by atoms with Gasteiger partial charge in [-0.05, 0) is 12.1 Å². The van der Waals surface area contributed by atoms with E-state index in [2.05, 4.69) is 0 Å². The zero-order valence-corrected chi connectivity index (χ0v) is 9.26. The number of ether oxygens (including phenoxy) is 2. The van der Waals surface area contributed by atoms with Crippen molar-refractivity contribution in [2.24, 2.45) is 0 Å². The van der Waals surface area contributed by atoms with Gasteiger partial charge in [-0.2, -0.15) is 0 Å². The number of hydrogen-bond donors (Lipinski definition) is 1. The number of benzene rings is 1. The van der Waals surface area contributed by atoms with Gasteiger partial charge < -0.3 is 14.6 Å². The van der Waals surface area contributed by atoms with Crippen molar-refractivity contribution in [3.8, 4) is 5.75 Å². The average molecular weight is 224 g/mol. The molecule has 0 radical (unpaired) electrons. The van der Waals surface area contributed by atoms with Crippen LogP contribution in [0.15, 0.2) is 30.3 Å². The molecule has 0 amide bonds. The molecule has 0 bridgehead atoms. The number of carbonyl (C=O) groups is 1. The molecule has 0 aliphatic carbocycles. The zero-order chi connectivity index (χ0) is 11.8. The molecule has 1 aromatic rings. The largest absolute Gasteiger partial charge is 0.491 e. The van der Waals surface area contributed by atoms with E-state index >= 15 is 0 Å². The van der Waals surface area contributed by atoms with Crippen molar-refractivity contribution in [1.29, 1.82) is 0 Å². The molecule has 4 heteroatoms. The predicted octanol–water partition coefficient (Wildman–Crippen LogP) is 1.38. The Morgan fingerprint density at radius 1 is 1.31 bits per heavy atom. The van der Waals surface area contributed by atoms with Gasteiger partial charge in [-0.1, -0.05) is 25.1 Å². The van der Waals surface area contributed by atoms with Gasteiger partial charge >= 0.3 is 5.97 Å². The first-order valence-electron chi connectivity index (χ1n) is 5.24. The first-order valence-corrected chi connectivity index (χ1v) is 5.24. The van der Waals surface area contributed by atoms with Crippen LogP contribution in [0.4, 0.5) is 0 Å². The summed E-state index contributed by atoms with van der Waals surface area (Å²) in [5.74, 6) is 0.363. The summed E-state index contributed by atoms with van der Waals surface area (Å²) in [5.41, 5.74) is 0. The van der Waals surface area contributed by atoms with Crippen LogP contribution < -0.4 is 4.74 Å². The second-order valence-electron chi connectivity index (χ2n) is 3.31. The van der Waals surface area contributed by atoms with Crippen LogP contribution in [0, 0.1) is 0 Å². The Morgan fingerprint density at radius 3 is 2.62 bits per heavy atom. The third-order valence-corrected chi connectivity index (χ3v) is 1.91. The molecule has 0 unspecified atom stereocenters. The number of aliphatic hydroxyl groups is 1. The molecule has 16 heavy (non-hydrogen) atoms. The maximum atomic E-state index is 10.8. The van der Waals surface area contributed by atoms with Crippen LogP contribution in [0.2, 0.25) is 0 Å². The van der Waals surface area contributed by atoms with E-state index in [0.29, 0.717) is 12.2 Å². The lowest BCUT2D eigenvalue weighted by Gasteiger charge is -2.12. The SMILES string of the molecule is CCC(=O)OC[C@@H](O)COc1ccccc1. The molecule has 0 aromatic heterocycles. The Morgan fingerprint density at radius 2 is 2.00 bits per heavy atom. The van der Waals surface area contributed by atoms with Gasteiger partial charge in [0.05, 0.1) is 0 Å². The molecule has 0 saturated heterocycles. The molecule has 0 fully saturated rings. The Balaban J connectivity index is 2.20. The van der Waals surface area contributed by atoms with E-state index in [1.54, 1.807) is 19.1 Å². The highest BCUT2D eigenvalue weighted by atomic mass is 16.5. The fraction of sp³-hybridized carbons (Fsp3) is 0.417. The van der Waals surface area contributed by atoms with Crippen LogP contribution in [-0.4, -0.2) is 30.4 Å². The molecule has 0 heterocycles. The Hall–Kier alpha value is -1.55. The smallest absolute Gasteiger partial charge is 0.305 e. The van der Waals surface area contributed by atoms with Crippen molar-refractivity contribution in [3.63, 3.8) is 0 Å². The second kappa shape index (κ2) is 6.85. The lowest BCUT2D eigenvalue weighted by Crippen LogP contribution is -2.25. The van der Waals surface area contributed by atoms with Gasteiger partial charge in [-0.3, -0.25) is 4.79 Å².